The first kappa shape index (κ1) is 17.0. The van der Waals surface area contributed by atoms with E-state index in [4.69, 9.17) is 10.5 Å². The van der Waals surface area contributed by atoms with Crippen molar-refractivity contribution >= 4 is 5.97 Å². The highest BCUT2D eigenvalue weighted by atomic mass is 16.5. The molecule has 1 fully saturated rings. The topological polar surface area (TPSA) is 52.3 Å². The maximum Gasteiger partial charge on any atom is 0.325 e. The predicted octanol–water partition coefficient (Wildman–Crippen LogP) is 3.95. The van der Waals surface area contributed by atoms with Gasteiger partial charge in [-0.3, -0.25) is 4.79 Å². The molecule has 0 aliphatic heterocycles. The Morgan fingerprint density at radius 3 is 2.64 bits per heavy atom. The molecule has 0 unspecified atom stereocenters. The summed E-state index contributed by atoms with van der Waals surface area (Å²) in [6.45, 7) is 2.24. The molecule has 3 heteroatoms. The summed E-state index contributed by atoms with van der Waals surface area (Å²) in [5.41, 5.74) is 8.10. The molecule has 3 nitrogen and oxygen atoms in total. The van der Waals surface area contributed by atoms with E-state index in [1.165, 1.54) is 43.9 Å². The van der Waals surface area contributed by atoms with Crippen LogP contribution in [0, 0.1) is 0 Å². The van der Waals surface area contributed by atoms with E-state index in [0.29, 0.717) is 18.8 Å². The summed E-state index contributed by atoms with van der Waals surface area (Å²) in [6.07, 6.45) is 8.71. The zero-order valence-electron chi connectivity index (χ0n) is 13.9. The van der Waals surface area contributed by atoms with Crippen LogP contribution in [0.2, 0.25) is 0 Å². The molecule has 1 aliphatic rings. The highest BCUT2D eigenvalue weighted by Gasteiger charge is 2.43. The van der Waals surface area contributed by atoms with Crippen molar-refractivity contribution in [1.29, 1.82) is 0 Å². The van der Waals surface area contributed by atoms with E-state index in [9.17, 15) is 4.79 Å². The van der Waals surface area contributed by atoms with Crippen molar-refractivity contribution in [3.8, 4) is 0 Å². The fourth-order valence-electron chi connectivity index (χ4n) is 3.46. The Morgan fingerprint density at radius 1 is 1.27 bits per heavy atom. The minimum atomic E-state index is -0.793. The lowest BCUT2D eigenvalue weighted by Crippen LogP contribution is -2.46. The van der Waals surface area contributed by atoms with Gasteiger partial charge >= 0.3 is 5.97 Å². The average Bonchev–Trinajstić information content (AvgIpc) is 2.95. The largest absolute Gasteiger partial charge is 0.468 e. The molecular formula is C19H29NO2. The van der Waals surface area contributed by atoms with Gasteiger partial charge in [0.15, 0.2) is 0 Å². The number of hydrogen-bond donors (Lipinski definition) is 1. The van der Waals surface area contributed by atoms with E-state index >= 15 is 0 Å². The van der Waals surface area contributed by atoms with Gasteiger partial charge < -0.3 is 10.5 Å². The van der Waals surface area contributed by atoms with Gasteiger partial charge in [-0.05, 0) is 49.1 Å². The number of methoxy groups -OCH3 is 1. The molecule has 0 bridgehead atoms. The molecule has 1 aliphatic carbocycles. The van der Waals surface area contributed by atoms with Crippen molar-refractivity contribution in [2.45, 2.75) is 69.7 Å². The van der Waals surface area contributed by atoms with Gasteiger partial charge in [0.05, 0.1) is 7.11 Å². The van der Waals surface area contributed by atoms with E-state index in [-0.39, 0.29) is 5.97 Å². The van der Waals surface area contributed by atoms with E-state index < -0.39 is 5.54 Å². The number of carbonyl (C=O) groups excluding carboxylic acids is 1. The van der Waals surface area contributed by atoms with Crippen LogP contribution in [0.25, 0.3) is 0 Å². The minimum Gasteiger partial charge on any atom is -0.468 e. The van der Waals surface area contributed by atoms with E-state index in [1.807, 2.05) is 0 Å². The Labute approximate surface area is 134 Å². The Balaban J connectivity index is 1.90. The summed E-state index contributed by atoms with van der Waals surface area (Å²) in [6, 6.07) is 8.89. The van der Waals surface area contributed by atoms with Gasteiger partial charge in [0.1, 0.15) is 5.54 Å². The molecule has 2 atom stereocenters. The second-order valence-electron chi connectivity index (χ2n) is 6.64. The van der Waals surface area contributed by atoms with Crippen LogP contribution in [0.3, 0.4) is 0 Å². The number of carbonyl (C=O) groups is 1. The van der Waals surface area contributed by atoms with Crippen molar-refractivity contribution in [3.05, 3.63) is 35.4 Å². The standard InChI is InChI=1S/C19H29NO2/c1-3-4-5-6-7-15-8-10-16(11-9-15)17-12-13-19(20,14-17)18(21)22-2/h8-11,17H,3-7,12-14,20H2,1-2H3/t17-,19-/m1/s1. The van der Waals surface area contributed by atoms with Crippen LogP contribution in [0.15, 0.2) is 24.3 Å². The first-order valence-corrected chi connectivity index (χ1v) is 8.55. The Hall–Kier alpha value is -1.35. The molecule has 22 heavy (non-hydrogen) atoms. The summed E-state index contributed by atoms with van der Waals surface area (Å²) >= 11 is 0. The fraction of sp³-hybridized carbons (Fsp3) is 0.632. The molecule has 0 amide bonds. The summed E-state index contributed by atoms with van der Waals surface area (Å²) in [5.74, 6) is 0.0979. The second kappa shape index (κ2) is 7.77. The molecule has 1 aromatic carbocycles. The molecule has 0 radical (unpaired) electrons. The maximum absolute atomic E-state index is 11.8. The lowest BCUT2D eigenvalue weighted by atomic mass is 9.92. The summed E-state index contributed by atoms with van der Waals surface area (Å²) in [5, 5.41) is 0. The number of benzene rings is 1. The number of unbranched alkanes of at least 4 members (excludes halogenated alkanes) is 3. The average molecular weight is 303 g/mol. The molecule has 0 heterocycles. The lowest BCUT2D eigenvalue weighted by molar-refractivity contribution is -0.146. The van der Waals surface area contributed by atoms with Crippen molar-refractivity contribution in [1.82, 2.24) is 0 Å². The summed E-state index contributed by atoms with van der Waals surface area (Å²) < 4.78 is 4.84. The number of hydrogen-bond acceptors (Lipinski definition) is 3. The van der Waals surface area contributed by atoms with E-state index in [1.54, 1.807) is 0 Å². The van der Waals surface area contributed by atoms with Crippen LogP contribution in [0.1, 0.15) is 68.9 Å². The van der Waals surface area contributed by atoms with Gasteiger partial charge in [0, 0.05) is 0 Å². The van der Waals surface area contributed by atoms with Crippen LogP contribution in [0.5, 0.6) is 0 Å². The highest BCUT2D eigenvalue weighted by molar-refractivity contribution is 5.81. The van der Waals surface area contributed by atoms with Crippen molar-refractivity contribution < 1.29 is 9.53 Å². The third-order valence-corrected chi connectivity index (χ3v) is 4.91. The quantitative estimate of drug-likeness (QED) is 0.613. The van der Waals surface area contributed by atoms with Crippen LogP contribution in [0.4, 0.5) is 0 Å². The number of rotatable bonds is 7. The third kappa shape index (κ3) is 4.10. The monoisotopic (exact) mass is 303 g/mol. The number of nitrogens with two attached hydrogens (primary N) is 1. The Bertz CT molecular complexity index is 483. The normalized spacial score (nSPS) is 24.4. The van der Waals surface area contributed by atoms with Crippen LogP contribution >= 0.6 is 0 Å². The van der Waals surface area contributed by atoms with Gasteiger partial charge in [0.2, 0.25) is 0 Å². The molecule has 1 saturated carbocycles. The summed E-state index contributed by atoms with van der Waals surface area (Å²) in [4.78, 5) is 11.8. The highest BCUT2D eigenvalue weighted by Crippen LogP contribution is 2.40. The molecule has 2 N–H and O–H groups in total. The molecule has 0 aromatic heterocycles. The molecule has 0 spiro atoms. The predicted molar refractivity (Wildman–Crippen MR) is 89.8 cm³/mol. The van der Waals surface area contributed by atoms with E-state index in [2.05, 4.69) is 31.2 Å². The SMILES string of the molecule is CCCCCCc1ccc([C@@H]2CC[C@](N)(C(=O)OC)C2)cc1. The fourth-order valence-corrected chi connectivity index (χ4v) is 3.46. The van der Waals surface area contributed by atoms with Crippen LogP contribution < -0.4 is 5.73 Å². The number of ether oxygens (including phenoxy) is 1. The smallest absolute Gasteiger partial charge is 0.325 e. The van der Waals surface area contributed by atoms with Crippen molar-refractivity contribution in [2.24, 2.45) is 5.73 Å². The van der Waals surface area contributed by atoms with Gasteiger partial charge in [-0.2, -0.15) is 0 Å². The van der Waals surface area contributed by atoms with Gasteiger partial charge in [-0.15, -0.1) is 0 Å². The number of esters is 1. The summed E-state index contributed by atoms with van der Waals surface area (Å²) in [7, 11) is 1.41. The minimum absolute atomic E-state index is 0.275. The lowest BCUT2D eigenvalue weighted by Gasteiger charge is -2.20. The van der Waals surface area contributed by atoms with E-state index in [0.717, 1.165) is 12.8 Å². The third-order valence-electron chi connectivity index (χ3n) is 4.91. The zero-order chi connectivity index (χ0) is 16.0. The zero-order valence-corrected chi connectivity index (χ0v) is 13.9. The molecule has 0 saturated heterocycles. The van der Waals surface area contributed by atoms with Gasteiger partial charge in [-0.1, -0.05) is 50.5 Å². The van der Waals surface area contributed by atoms with Crippen LogP contribution in [-0.2, 0) is 16.0 Å². The number of aryl methyl sites for hydroxylation is 1. The molecule has 122 valence electrons. The first-order valence-electron chi connectivity index (χ1n) is 8.55. The second-order valence-corrected chi connectivity index (χ2v) is 6.64. The van der Waals surface area contributed by atoms with Crippen molar-refractivity contribution in [2.75, 3.05) is 7.11 Å². The molecule has 1 aromatic rings. The van der Waals surface area contributed by atoms with Crippen LogP contribution in [-0.4, -0.2) is 18.6 Å². The Morgan fingerprint density at radius 2 is 2.00 bits per heavy atom. The van der Waals surface area contributed by atoms with Gasteiger partial charge in [-0.25, -0.2) is 0 Å². The molecule has 2 rings (SSSR count). The first-order chi connectivity index (χ1) is 10.6. The Kier molecular flexibility index (Phi) is 6.01. The maximum atomic E-state index is 11.8. The van der Waals surface area contributed by atoms with Gasteiger partial charge in [0.25, 0.3) is 0 Å². The molecular weight excluding hydrogens is 274 g/mol. The van der Waals surface area contributed by atoms with Crippen molar-refractivity contribution in [3.63, 3.8) is 0 Å².